The zero-order valence-electron chi connectivity index (χ0n) is 8.18. The Balaban J connectivity index is 2.84. The van der Waals surface area contributed by atoms with Gasteiger partial charge in [0.1, 0.15) is 0 Å². The van der Waals surface area contributed by atoms with Gasteiger partial charge in [-0.1, -0.05) is 43.6 Å². The second-order valence-corrected chi connectivity index (χ2v) is 3.45. The zero-order chi connectivity index (χ0) is 9.68. The van der Waals surface area contributed by atoms with Gasteiger partial charge in [-0.3, -0.25) is 0 Å². The van der Waals surface area contributed by atoms with Crippen molar-refractivity contribution in [3.05, 3.63) is 34.9 Å². The molecule has 13 heavy (non-hydrogen) atoms. The van der Waals surface area contributed by atoms with Gasteiger partial charge in [0.05, 0.1) is 0 Å². The molecule has 0 fully saturated rings. The van der Waals surface area contributed by atoms with Crippen LogP contribution in [0.15, 0.2) is 24.3 Å². The lowest BCUT2D eigenvalue weighted by Gasteiger charge is -2.17. The standard InChI is InChI=1S/C11H16ClN/c1-3-11(13-4-2)9-7-5-6-8-10(9)12/h5-8,11,13H,3-4H2,1-2H3. The third kappa shape index (κ3) is 2.71. The number of hydrogen-bond acceptors (Lipinski definition) is 1. The van der Waals surface area contributed by atoms with E-state index in [9.17, 15) is 0 Å². The summed E-state index contributed by atoms with van der Waals surface area (Å²) in [6.45, 7) is 5.25. The lowest BCUT2D eigenvalue weighted by atomic mass is 10.0. The van der Waals surface area contributed by atoms with E-state index in [0.29, 0.717) is 6.04 Å². The zero-order valence-corrected chi connectivity index (χ0v) is 8.93. The number of rotatable bonds is 4. The number of nitrogens with one attached hydrogen (secondary N) is 1. The summed E-state index contributed by atoms with van der Waals surface area (Å²) in [6, 6.07) is 8.40. The van der Waals surface area contributed by atoms with Crippen LogP contribution in [-0.2, 0) is 0 Å². The summed E-state index contributed by atoms with van der Waals surface area (Å²) >= 11 is 6.09. The first kappa shape index (κ1) is 10.6. The molecule has 1 atom stereocenters. The predicted molar refractivity (Wildman–Crippen MR) is 58.2 cm³/mol. The van der Waals surface area contributed by atoms with E-state index in [2.05, 4.69) is 25.2 Å². The van der Waals surface area contributed by atoms with E-state index >= 15 is 0 Å². The number of benzene rings is 1. The average molecular weight is 198 g/mol. The van der Waals surface area contributed by atoms with Crippen molar-refractivity contribution in [2.45, 2.75) is 26.3 Å². The van der Waals surface area contributed by atoms with Crippen molar-refractivity contribution >= 4 is 11.6 Å². The van der Waals surface area contributed by atoms with E-state index in [1.54, 1.807) is 0 Å². The first-order valence-electron chi connectivity index (χ1n) is 4.77. The van der Waals surface area contributed by atoms with Gasteiger partial charge in [-0.15, -0.1) is 0 Å². The molecule has 0 aromatic heterocycles. The fourth-order valence-corrected chi connectivity index (χ4v) is 1.75. The normalized spacial score (nSPS) is 12.8. The molecule has 0 saturated carbocycles. The van der Waals surface area contributed by atoms with Crippen molar-refractivity contribution in [3.63, 3.8) is 0 Å². The summed E-state index contributed by atoms with van der Waals surface area (Å²) in [5.41, 5.74) is 1.20. The first-order valence-corrected chi connectivity index (χ1v) is 5.15. The van der Waals surface area contributed by atoms with E-state index in [1.165, 1.54) is 5.56 Å². The Bertz CT molecular complexity index is 260. The molecule has 0 bridgehead atoms. The lowest BCUT2D eigenvalue weighted by molar-refractivity contribution is 0.537. The molecular formula is C11H16ClN. The predicted octanol–water partition coefficient (Wildman–Crippen LogP) is 3.40. The van der Waals surface area contributed by atoms with Crippen LogP contribution < -0.4 is 5.32 Å². The van der Waals surface area contributed by atoms with Crippen LogP contribution in [0.2, 0.25) is 5.02 Å². The summed E-state index contributed by atoms with van der Waals surface area (Å²) < 4.78 is 0. The molecule has 0 aliphatic rings. The Morgan fingerprint density at radius 1 is 1.31 bits per heavy atom. The number of hydrogen-bond donors (Lipinski definition) is 1. The molecule has 0 amide bonds. The van der Waals surface area contributed by atoms with Crippen LogP contribution in [0.3, 0.4) is 0 Å². The maximum atomic E-state index is 6.09. The van der Waals surface area contributed by atoms with Gasteiger partial charge in [0.15, 0.2) is 0 Å². The molecule has 0 radical (unpaired) electrons. The SMILES string of the molecule is CCNC(CC)c1ccccc1Cl. The molecule has 72 valence electrons. The van der Waals surface area contributed by atoms with E-state index in [4.69, 9.17) is 11.6 Å². The summed E-state index contributed by atoms with van der Waals surface area (Å²) in [4.78, 5) is 0. The Morgan fingerprint density at radius 3 is 2.54 bits per heavy atom. The highest BCUT2D eigenvalue weighted by molar-refractivity contribution is 6.31. The topological polar surface area (TPSA) is 12.0 Å². The molecule has 2 heteroatoms. The van der Waals surface area contributed by atoms with Crippen LogP contribution in [0.1, 0.15) is 31.9 Å². The maximum Gasteiger partial charge on any atom is 0.0453 e. The molecule has 0 spiro atoms. The van der Waals surface area contributed by atoms with Gasteiger partial charge in [0, 0.05) is 11.1 Å². The second kappa shape index (κ2) is 5.25. The Kier molecular flexibility index (Phi) is 4.26. The van der Waals surface area contributed by atoms with Gasteiger partial charge in [0.2, 0.25) is 0 Å². The van der Waals surface area contributed by atoms with Crippen LogP contribution >= 0.6 is 11.6 Å². The smallest absolute Gasteiger partial charge is 0.0453 e. The van der Waals surface area contributed by atoms with Crippen molar-refractivity contribution < 1.29 is 0 Å². The third-order valence-corrected chi connectivity index (χ3v) is 2.48. The van der Waals surface area contributed by atoms with Crippen molar-refractivity contribution in [2.24, 2.45) is 0 Å². The van der Waals surface area contributed by atoms with E-state index in [1.807, 2.05) is 18.2 Å². The van der Waals surface area contributed by atoms with Gasteiger partial charge >= 0.3 is 0 Å². The fraction of sp³-hybridized carbons (Fsp3) is 0.455. The molecule has 1 aromatic carbocycles. The highest BCUT2D eigenvalue weighted by Gasteiger charge is 2.09. The van der Waals surface area contributed by atoms with Gasteiger partial charge in [-0.05, 0) is 24.6 Å². The van der Waals surface area contributed by atoms with E-state index in [0.717, 1.165) is 18.0 Å². The minimum absolute atomic E-state index is 0.388. The average Bonchev–Trinajstić information content (AvgIpc) is 2.16. The molecule has 1 N–H and O–H groups in total. The minimum Gasteiger partial charge on any atom is -0.310 e. The summed E-state index contributed by atoms with van der Waals surface area (Å²) in [5, 5.41) is 4.26. The molecule has 0 aliphatic carbocycles. The van der Waals surface area contributed by atoms with Gasteiger partial charge < -0.3 is 5.32 Å². The molecule has 0 heterocycles. The fourth-order valence-electron chi connectivity index (χ4n) is 1.48. The molecule has 0 aliphatic heterocycles. The van der Waals surface area contributed by atoms with Gasteiger partial charge in [0.25, 0.3) is 0 Å². The van der Waals surface area contributed by atoms with Gasteiger partial charge in [-0.2, -0.15) is 0 Å². The molecule has 1 unspecified atom stereocenters. The maximum absolute atomic E-state index is 6.09. The van der Waals surface area contributed by atoms with Crippen molar-refractivity contribution in [1.82, 2.24) is 5.32 Å². The largest absolute Gasteiger partial charge is 0.310 e. The first-order chi connectivity index (χ1) is 6.29. The van der Waals surface area contributed by atoms with Crippen molar-refractivity contribution in [2.75, 3.05) is 6.54 Å². The van der Waals surface area contributed by atoms with Crippen molar-refractivity contribution in [1.29, 1.82) is 0 Å². The summed E-state index contributed by atoms with van der Waals surface area (Å²) in [7, 11) is 0. The molecular weight excluding hydrogens is 182 g/mol. The third-order valence-electron chi connectivity index (χ3n) is 2.14. The minimum atomic E-state index is 0.388. The summed E-state index contributed by atoms with van der Waals surface area (Å²) in [6.07, 6.45) is 1.07. The highest BCUT2D eigenvalue weighted by Crippen LogP contribution is 2.24. The van der Waals surface area contributed by atoms with Crippen LogP contribution in [0.5, 0.6) is 0 Å². The second-order valence-electron chi connectivity index (χ2n) is 3.04. The van der Waals surface area contributed by atoms with Crippen molar-refractivity contribution in [3.8, 4) is 0 Å². The molecule has 1 aromatic rings. The van der Waals surface area contributed by atoms with Crippen LogP contribution in [-0.4, -0.2) is 6.54 Å². The molecule has 1 rings (SSSR count). The van der Waals surface area contributed by atoms with Gasteiger partial charge in [-0.25, -0.2) is 0 Å². The van der Waals surface area contributed by atoms with E-state index < -0.39 is 0 Å². The highest BCUT2D eigenvalue weighted by atomic mass is 35.5. The monoisotopic (exact) mass is 197 g/mol. The van der Waals surface area contributed by atoms with Crippen LogP contribution in [0.25, 0.3) is 0 Å². The molecule has 0 saturated heterocycles. The van der Waals surface area contributed by atoms with Crippen LogP contribution in [0.4, 0.5) is 0 Å². The van der Waals surface area contributed by atoms with E-state index in [-0.39, 0.29) is 0 Å². The number of halogens is 1. The summed E-state index contributed by atoms with van der Waals surface area (Å²) in [5.74, 6) is 0. The lowest BCUT2D eigenvalue weighted by Crippen LogP contribution is -2.20. The Labute approximate surface area is 85.1 Å². The Hall–Kier alpha value is -0.530. The Morgan fingerprint density at radius 2 is 2.00 bits per heavy atom. The van der Waals surface area contributed by atoms with Crippen LogP contribution in [0, 0.1) is 0 Å². The quantitative estimate of drug-likeness (QED) is 0.780. The molecule has 1 nitrogen and oxygen atoms in total.